The van der Waals surface area contributed by atoms with Gasteiger partial charge in [-0.05, 0) is 29.8 Å². The molecule has 18 heavy (non-hydrogen) atoms. The van der Waals surface area contributed by atoms with Gasteiger partial charge >= 0.3 is 0 Å². The van der Waals surface area contributed by atoms with Crippen LogP contribution < -0.4 is 0 Å². The zero-order chi connectivity index (χ0) is 13.0. The van der Waals surface area contributed by atoms with E-state index in [1.807, 2.05) is 30.3 Å². The van der Waals surface area contributed by atoms with Crippen LogP contribution in [0, 0.1) is 0 Å². The summed E-state index contributed by atoms with van der Waals surface area (Å²) in [7, 11) is -4.14. The van der Waals surface area contributed by atoms with Crippen molar-refractivity contribution < 1.29 is 13.0 Å². The molecule has 0 aliphatic carbocycles. The van der Waals surface area contributed by atoms with Gasteiger partial charge in [0.1, 0.15) is 0 Å². The molecule has 92 valence electrons. The van der Waals surface area contributed by atoms with Crippen molar-refractivity contribution in [3.63, 3.8) is 0 Å². The first kappa shape index (κ1) is 12.5. The molecular formula is C13H11NO3S. The third-order valence-corrected chi connectivity index (χ3v) is 3.16. The highest BCUT2D eigenvalue weighted by Crippen LogP contribution is 2.16. The lowest BCUT2D eigenvalue weighted by Crippen LogP contribution is -1.96. The molecule has 0 aliphatic rings. The van der Waals surface area contributed by atoms with Crippen LogP contribution in [-0.2, 0) is 10.1 Å². The van der Waals surface area contributed by atoms with Crippen molar-refractivity contribution in [1.82, 2.24) is 0 Å². The summed E-state index contributed by atoms with van der Waals surface area (Å²) in [5.41, 5.74) is 1.57. The minimum absolute atomic E-state index is 0.138. The van der Waals surface area contributed by atoms with E-state index in [-0.39, 0.29) is 4.90 Å². The van der Waals surface area contributed by atoms with E-state index in [1.54, 1.807) is 6.21 Å². The van der Waals surface area contributed by atoms with Gasteiger partial charge in [-0.2, -0.15) is 8.42 Å². The Morgan fingerprint density at radius 1 is 0.944 bits per heavy atom. The van der Waals surface area contributed by atoms with E-state index in [9.17, 15) is 8.42 Å². The van der Waals surface area contributed by atoms with E-state index in [0.717, 1.165) is 5.56 Å². The van der Waals surface area contributed by atoms with Gasteiger partial charge in [0.15, 0.2) is 0 Å². The maximum absolute atomic E-state index is 10.8. The fraction of sp³-hybridized carbons (Fsp3) is 0. The highest BCUT2D eigenvalue weighted by atomic mass is 32.2. The molecule has 2 aromatic carbocycles. The average Bonchev–Trinajstić information content (AvgIpc) is 2.37. The Labute approximate surface area is 105 Å². The number of hydrogen-bond donors (Lipinski definition) is 1. The molecule has 0 saturated carbocycles. The van der Waals surface area contributed by atoms with E-state index in [2.05, 4.69) is 4.99 Å². The molecule has 0 unspecified atom stereocenters. The summed E-state index contributed by atoms with van der Waals surface area (Å²) in [6.45, 7) is 0. The molecule has 0 amide bonds. The van der Waals surface area contributed by atoms with Gasteiger partial charge in [-0.25, -0.2) is 0 Å². The number of benzene rings is 2. The van der Waals surface area contributed by atoms with Crippen LogP contribution in [0.4, 0.5) is 5.69 Å². The predicted octanol–water partition coefficient (Wildman–Crippen LogP) is 2.68. The van der Waals surface area contributed by atoms with Crippen molar-refractivity contribution in [1.29, 1.82) is 0 Å². The van der Waals surface area contributed by atoms with Gasteiger partial charge in [0, 0.05) is 6.21 Å². The van der Waals surface area contributed by atoms with Gasteiger partial charge in [0.25, 0.3) is 10.1 Å². The highest BCUT2D eigenvalue weighted by molar-refractivity contribution is 7.85. The van der Waals surface area contributed by atoms with Crippen LogP contribution in [0.1, 0.15) is 5.56 Å². The summed E-state index contributed by atoms with van der Waals surface area (Å²) >= 11 is 0. The first-order valence-electron chi connectivity index (χ1n) is 5.22. The summed E-state index contributed by atoms with van der Waals surface area (Å²) < 4.78 is 30.5. The third-order valence-electron chi connectivity index (χ3n) is 2.30. The van der Waals surface area contributed by atoms with Crippen molar-refractivity contribution in [2.45, 2.75) is 4.90 Å². The average molecular weight is 261 g/mol. The molecule has 0 radical (unpaired) electrons. The molecule has 1 N–H and O–H groups in total. The highest BCUT2D eigenvalue weighted by Gasteiger charge is 2.07. The maximum atomic E-state index is 10.8. The number of rotatable bonds is 3. The van der Waals surface area contributed by atoms with Crippen molar-refractivity contribution in [2.24, 2.45) is 4.99 Å². The zero-order valence-corrected chi connectivity index (χ0v) is 10.2. The quantitative estimate of drug-likeness (QED) is 0.682. The van der Waals surface area contributed by atoms with Gasteiger partial charge in [0.2, 0.25) is 0 Å². The Morgan fingerprint density at radius 2 is 1.56 bits per heavy atom. The second-order valence-corrected chi connectivity index (χ2v) is 5.06. The van der Waals surface area contributed by atoms with Crippen molar-refractivity contribution >= 4 is 22.0 Å². The fourth-order valence-corrected chi connectivity index (χ4v) is 1.87. The molecule has 0 aliphatic heterocycles. The van der Waals surface area contributed by atoms with Crippen LogP contribution >= 0.6 is 0 Å². The first-order chi connectivity index (χ1) is 8.55. The van der Waals surface area contributed by atoms with Crippen LogP contribution in [0.15, 0.2) is 64.5 Å². The summed E-state index contributed by atoms with van der Waals surface area (Å²) in [6, 6.07) is 15.2. The lowest BCUT2D eigenvalue weighted by molar-refractivity contribution is 0.483. The van der Waals surface area contributed by atoms with Crippen molar-refractivity contribution in [3.05, 3.63) is 60.2 Å². The van der Waals surface area contributed by atoms with Crippen LogP contribution in [0.3, 0.4) is 0 Å². The summed E-state index contributed by atoms with van der Waals surface area (Å²) in [4.78, 5) is 4.06. The van der Waals surface area contributed by atoms with E-state index in [1.165, 1.54) is 24.3 Å². The molecule has 0 atom stereocenters. The molecule has 2 aromatic rings. The molecule has 4 nitrogen and oxygen atoms in total. The molecule has 0 heterocycles. The summed E-state index contributed by atoms with van der Waals surface area (Å²) in [5.74, 6) is 0. The minimum atomic E-state index is -4.14. The Balaban J connectivity index is 2.19. The van der Waals surface area contributed by atoms with Crippen LogP contribution in [0.2, 0.25) is 0 Å². The Hall–Kier alpha value is -1.98. The lowest BCUT2D eigenvalue weighted by Gasteiger charge is -1.97. The molecule has 5 heteroatoms. The van der Waals surface area contributed by atoms with Gasteiger partial charge in [0.05, 0.1) is 10.6 Å². The molecule has 0 fully saturated rings. The van der Waals surface area contributed by atoms with Crippen LogP contribution in [-0.4, -0.2) is 19.2 Å². The summed E-state index contributed by atoms with van der Waals surface area (Å²) in [6.07, 6.45) is 1.68. The molecule has 0 bridgehead atoms. The maximum Gasteiger partial charge on any atom is 0.294 e. The fourth-order valence-electron chi connectivity index (χ4n) is 1.39. The Bertz CT molecular complexity index is 646. The normalized spacial score (nSPS) is 11.8. The predicted molar refractivity (Wildman–Crippen MR) is 70.0 cm³/mol. The minimum Gasteiger partial charge on any atom is -0.282 e. The lowest BCUT2D eigenvalue weighted by atomic mass is 10.2. The topological polar surface area (TPSA) is 66.7 Å². The van der Waals surface area contributed by atoms with Crippen LogP contribution in [0.25, 0.3) is 0 Å². The zero-order valence-electron chi connectivity index (χ0n) is 9.39. The van der Waals surface area contributed by atoms with E-state index >= 15 is 0 Å². The molecular weight excluding hydrogens is 250 g/mol. The van der Waals surface area contributed by atoms with Crippen LogP contribution in [0.5, 0.6) is 0 Å². The molecule has 0 spiro atoms. The van der Waals surface area contributed by atoms with E-state index in [0.29, 0.717) is 5.69 Å². The summed E-state index contributed by atoms with van der Waals surface area (Å²) in [5, 5.41) is 0. The van der Waals surface area contributed by atoms with E-state index < -0.39 is 10.1 Å². The van der Waals surface area contributed by atoms with Crippen molar-refractivity contribution in [3.8, 4) is 0 Å². The third kappa shape index (κ3) is 3.26. The van der Waals surface area contributed by atoms with Crippen molar-refractivity contribution in [2.75, 3.05) is 0 Å². The van der Waals surface area contributed by atoms with E-state index in [4.69, 9.17) is 4.55 Å². The SMILES string of the molecule is O=S(=O)(O)c1ccc(N=Cc2ccccc2)cc1. The monoisotopic (exact) mass is 261 g/mol. The van der Waals surface area contributed by atoms with Gasteiger partial charge in [-0.3, -0.25) is 9.55 Å². The number of hydrogen-bond acceptors (Lipinski definition) is 3. The van der Waals surface area contributed by atoms with Gasteiger partial charge in [-0.15, -0.1) is 0 Å². The number of aliphatic imine (C=N–C) groups is 1. The second kappa shape index (κ2) is 5.12. The molecule has 0 aromatic heterocycles. The second-order valence-electron chi connectivity index (χ2n) is 3.64. The Morgan fingerprint density at radius 3 is 2.11 bits per heavy atom. The molecule has 0 saturated heterocycles. The standard InChI is InChI=1S/C13H11NO3S/c15-18(16,17)13-8-6-12(7-9-13)14-10-11-4-2-1-3-5-11/h1-10H,(H,15,16,17). The first-order valence-corrected chi connectivity index (χ1v) is 6.66. The Kier molecular flexibility index (Phi) is 3.55. The smallest absolute Gasteiger partial charge is 0.282 e. The largest absolute Gasteiger partial charge is 0.294 e. The molecule has 2 rings (SSSR count). The number of nitrogens with zero attached hydrogens (tertiary/aromatic N) is 1. The van der Waals surface area contributed by atoms with Gasteiger partial charge < -0.3 is 0 Å². The van der Waals surface area contributed by atoms with Gasteiger partial charge in [-0.1, -0.05) is 30.3 Å².